The molecule has 2 heterocycles. The monoisotopic (exact) mass is 628 g/mol. The third-order valence-electron chi connectivity index (χ3n) is 5.47. The Labute approximate surface area is 230 Å². The Morgan fingerprint density at radius 1 is 1.19 bits per heavy atom. The smallest absolute Gasteiger partial charge is 0.270 e. The normalized spacial score (nSPS) is 15.4. The van der Waals surface area contributed by atoms with E-state index in [9.17, 15) is 10.1 Å². The first kappa shape index (κ1) is 24.4. The number of anilines is 1. The van der Waals surface area contributed by atoms with Crippen molar-refractivity contribution >= 4 is 68.6 Å². The van der Waals surface area contributed by atoms with Crippen molar-refractivity contribution in [3.63, 3.8) is 0 Å². The van der Waals surface area contributed by atoms with Gasteiger partial charge in [-0.25, -0.2) is 0 Å². The number of carbonyl (C=O) groups excluding carboxylic acids is 1. The third-order valence-corrected chi connectivity index (χ3v) is 7.57. The molecular weight excluding hydrogens is 611 g/mol. The van der Waals surface area contributed by atoms with E-state index in [4.69, 9.17) is 31.2 Å². The van der Waals surface area contributed by atoms with Gasteiger partial charge in [0.1, 0.15) is 6.61 Å². The highest BCUT2D eigenvalue weighted by molar-refractivity contribution is 14.1. The standard InChI is InChI=1S/C26H17IN2O5S2/c1-31-22-9-15(8-19(27)24(22)32-13-17-5-3-2-4-16(17)12-28)10-23-25(30)29(26(35)36-23)18-6-7-20-21(11-18)34-14-33-20/h2-11H,13-14H2,1H3/b23-10+. The molecule has 7 nitrogen and oxygen atoms in total. The molecule has 0 aromatic heterocycles. The first-order valence-electron chi connectivity index (χ1n) is 10.6. The van der Waals surface area contributed by atoms with E-state index in [-0.39, 0.29) is 19.3 Å². The fraction of sp³-hybridized carbons (Fsp3) is 0.115. The lowest BCUT2D eigenvalue weighted by Crippen LogP contribution is -2.27. The van der Waals surface area contributed by atoms with Crippen molar-refractivity contribution in [3.05, 3.63) is 79.8 Å². The van der Waals surface area contributed by atoms with Crippen LogP contribution in [0.1, 0.15) is 16.7 Å². The summed E-state index contributed by atoms with van der Waals surface area (Å²) in [6.07, 6.45) is 1.78. The summed E-state index contributed by atoms with van der Waals surface area (Å²) in [4.78, 5) is 15.2. The third kappa shape index (κ3) is 4.74. The van der Waals surface area contributed by atoms with Gasteiger partial charge in [-0.3, -0.25) is 9.69 Å². The number of ether oxygens (including phenoxy) is 4. The van der Waals surface area contributed by atoms with E-state index >= 15 is 0 Å². The predicted molar refractivity (Wildman–Crippen MR) is 149 cm³/mol. The van der Waals surface area contributed by atoms with Crippen LogP contribution in [0.5, 0.6) is 23.0 Å². The van der Waals surface area contributed by atoms with Crippen molar-refractivity contribution in [3.8, 4) is 29.1 Å². The largest absolute Gasteiger partial charge is 0.493 e. The fourth-order valence-electron chi connectivity index (χ4n) is 3.73. The van der Waals surface area contributed by atoms with Gasteiger partial charge in [-0.1, -0.05) is 42.2 Å². The summed E-state index contributed by atoms with van der Waals surface area (Å²) < 4.78 is 23.6. The molecule has 0 N–H and O–H groups in total. The Bertz CT molecular complexity index is 1470. The molecule has 0 aliphatic carbocycles. The minimum absolute atomic E-state index is 0.155. The minimum Gasteiger partial charge on any atom is -0.493 e. The minimum atomic E-state index is -0.216. The molecule has 10 heteroatoms. The lowest BCUT2D eigenvalue weighted by Gasteiger charge is -2.15. The highest BCUT2D eigenvalue weighted by atomic mass is 127. The van der Waals surface area contributed by atoms with Gasteiger partial charge in [-0.15, -0.1) is 0 Å². The Balaban J connectivity index is 1.39. The van der Waals surface area contributed by atoms with Crippen LogP contribution in [0.15, 0.2) is 59.5 Å². The van der Waals surface area contributed by atoms with Crippen molar-refractivity contribution < 1.29 is 23.7 Å². The van der Waals surface area contributed by atoms with Gasteiger partial charge in [0.2, 0.25) is 6.79 Å². The molecular formula is C26H17IN2O5S2. The van der Waals surface area contributed by atoms with Crippen LogP contribution in [0.25, 0.3) is 6.08 Å². The van der Waals surface area contributed by atoms with Gasteiger partial charge < -0.3 is 18.9 Å². The van der Waals surface area contributed by atoms with Crippen LogP contribution in [0.3, 0.4) is 0 Å². The number of methoxy groups -OCH3 is 1. The van der Waals surface area contributed by atoms with Crippen LogP contribution in [0.2, 0.25) is 0 Å². The Hall–Kier alpha value is -3.27. The molecule has 0 radical (unpaired) electrons. The molecule has 2 aliphatic heterocycles. The zero-order valence-electron chi connectivity index (χ0n) is 18.8. The molecule has 1 amide bonds. The number of hydrogen-bond donors (Lipinski definition) is 0. The summed E-state index contributed by atoms with van der Waals surface area (Å²) in [7, 11) is 1.56. The van der Waals surface area contributed by atoms with Crippen molar-refractivity contribution in [2.75, 3.05) is 18.8 Å². The maximum absolute atomic E-state index is 13.2. The molecule has 0 atom stereocenters. The molecule has 5 rings (SSSR count). The predicted octanol–water partition coefficient (Wildman–Crippen LogP) is 5.88. The second-order valence-corrected chi connectivity index (χ2v) is 10.5. The molecule has 0 saturated carbocycles. The van der Waals surface area contributed by atoms with Gasteiger partial charge >= 0.3 is 0 Å². The average molecular weight is 628 g/mol. The van der Waals surface area contributed by atoms with E-state index in [0.29, 0.717) is 43.5 Å². The highest BCUT2D eigenvalue weighted by Crippen LogP contribution is 2.42. The second kappa shape index (κ2) is 10.4. The van der Waals surface area contributed by atoms with Gasteiger partial charge in [0.15, 0.2) is 27.3 Å². The summed E-state index contributed by atoms with van der Waals surface area (Å²) in [6.45, 7) is 0.381. The van der Waals surface area contributed by atoms with Crippen molar-refractivity contribution in [2.45, 2.75) is 6.61 Å². The molecule has 0 spiro atoms. The first-order valence-corrected chi connectivity index (χ1v) is 12.9. The van der Waals surface area contributed by atoms with Gasteiger partial charge in [0.05, 0.1) is 32.9 Å². The maximum atomic E-state index is 13.2. The van der Waals surface area contributed by atoms with Crippen LogP contribution in [-0.4, -0.2) is 24.1 Å². The molecule has 3 aromatic carbocycles. The summed E-state index contributed by atoms with van der Waals surface area (Å²) in [5.74, 6) is 2.09. The number of hydrogen-bond acceptors (Lipinski definition) is 8. The SMILES string of the molecule is COc1cc(/C=C2/SC(=S)N(c3ccc4c(c3)OCO4)C2=O)cc(I)c1OCc1ccccc1C#N. The lowest BCUT2D eigenvalue weighted by atomic mass is 10.1. The molecule has 1 fully saturated rings. The summed E-state index contributed by atoms with van der Waals surface area (Å²) in [6, 6.07) is 18.5. The number of nitriles is 1. The molecule has 1 saturated heterocycles. The lowest BCUT2D eigenvalue weighted by molar-refractivity contribution is -0.113. The van der Waals surface area contributed by atoms with Gasteiger partial charge in [0.25, 0.3) is 5.91 Å². The van der Waals surface area contributed by atoms with Crippen molar-refractivity contribution in [2.24, 2.45) is 0 Å². The van der Waals surface area contributed by atoms with E-state index in [1.807, 2.05) is 24.3 Å². The van der Waals surface area contributed by atoms with E-state index in [1.54, 1.807) is 43.5 Å². The number of benzene rings is 3. The van der Waals surface area contributed by atoms with E-state index in [2.05, 4.69) is 28.7 Å². The molecule has 3 aromatic rings. The number of rotatable bonds is 6. The van der Waals surface area contributed by atoms with Crippen LogP contribution in [-0.2, 0) is 11.4 Å². The van der Waals surface area contributed by atoms with Gasteiger partial charge in [-0.2, -0.15) is 5.26 Å². The Morgan fingerprint density at radius 3 is 2.81 bits per heavy atom. The fourth-order valence-corrected chi connectivity index (χ4v) is 5.81. The van der Waals surface area contributed by atoms with Crippen LogP contribution < -0.4 is 23.8 Å². The van der Waals surface area contributed by atoms with Crippen molar-refractivity contribution in [1.29, 1.82) is 5.26 Å². The van der Waals surface area contributed by atoms with Crippen LogP contribution in [0, 0.1) is 14.9 Å². The first-order chi connectivity index (χ1) is 17.5. The average Bonchev–Trinajstić information content (AvgIpc) is 3.46. The van der Waals surface area contributed by atoms with Gasteiger partial charge in [-0.05, 0) is 64.6 Å². The number of amides is 1. The number of halogens is 1. The van der Waals surface area contributed by atoms with E-state index < -0.39 is 0 Å². The summed E-state index contributed by atoms with van der Waals surface area (Å²) in [5, 5.41) is 9.32. The van der Waals surface area contributed by atoms with Gasteiger partial charge in [0, 0.05) is 11.6 Å². The van der Waals surface area contributed by atoms with Crippen LogP contribution >= 0.6 is 46.6 Å². The number of carbonyl (C=O) groups is 1. The molecule has 180 valence electrons. The molecule has 0 bridgehead atoms. The zero-order chi connectivity index (χ0) is 25.2. The highest BCUT2D eigenvalue weighted by Gasteiger charge is 2.34. The number of fused-ring (bicyclic) bond motifs is 1. The maximum Gasteiger partial charge on any atom is 0.270 e. The van der Waals surface area contributed by atoms with E-state index in [1.165, 1.54) is 16.7 Å². The number of thiocarbonyl (C=S) groups is 1. The topological polar surface area (TPSA) is 81.0 Å². The molecule has 2 aliphatic rings. The molecule has 36 heavy (non-hydrogen) atoms. The molecule has 0 unspecified atom stereocenters. The Kier molecular flexibility index (Phi) is 7.04. The Morgan fingerprint density at radius 2 is 2.00 bits per heavy atom. The summed E-state index contributed by atoms with van der Waals surface area (Å²) >= 11 is 8.90. The van der Waals surface area contributed by atoms with Crippen molar-refractivity contribution in [1.82, 2.24) is 0 Å². The summed E-state index contributed by atoms with van der Waals surface area (Å²) in [5.41, 5.74) is 2.74. The zero-order valence-corrected chi connectivity index (χ0v) is 22.6. The number of thioether (sulfide) groups is 1. The quantitative estimate of drug-likeness (QED) is 0.190. The van der Waals surface area contributed by atoms with Crippen LogP contribution in [0.4, 0.5) is 5.69 Å². The number of nitrogens with zero attached hydrogens (tertiary/aromatic N) is 2. The second-order valence-electron chi connectivity index (χ2n) is 7.65. The van der Waals surface area contributed by atoms with E-state index in [0.717, 1.165) is 14.7 Å².